The summed E-state index contributed by atoms with van der Waals surface area (Å²) in [5.41, 5.74) is 0. The number of ether oxygens (including phenoxy) is 1. The molecule has 1 fully saturated rings. The molecule has 0 saturated carbocycles. The van der Waals surface area contributed by atoms with Crippen molar-refractivity contribution in [3.05, 3.63) is 0 Å². The molecule has 0 aromatic carbocycles. The van der Waals surface area contributed by atoms with E-state index in [0.29, 0.717) is 12.0 Å². The highest BCUT2D eigenvalue weighted by molar-refractivity contribution is 5.79. The van der Waals surface area contributed by atoms with Crippen molar-refractivity contribution in [3.8, 4) is 0 Å². The molecule has 2 N–H and O–H groups in total. The first-order chi connectivity index (χ1) is 12.1. The average molecular weight is 355 g/mol. The van der Waals surface area contributed by atoms with Crippen LogP contribution in [0.25, 0.3) is 0 Å². The molecule has 1 rings (SSSR count). The van der Waals surface area contributed by atoms with Gasteiger partial charge in [0.1, 0.15) is 0 Å². The highest BCUT2D eigenvalue weighted by Gasteiger charge is 2.17. The SMILES string of the molecule is CCNC(=NCCC1CCN(CC)CC1)NCCC(OCC)C(C)C. The van der Waals surface area contributed by atoms with E-state index in [1.165, 1.54) is 38.9 Å². The van der Waals surface area contributed by atoms with Crippen molar-refractivity contribution in [3.63, 3.8) is 0 Å². The van der Waals surface area contributed by atoms with Gasteiger partial charge < -0.3 is 20.3 Å². The van der Waals surface area contributed by atoms with Gasteiger partial charge >= 0.3 is 0 Å². The van der Waals surface area contributed by atoms with Gasteiger partial charge in [0, 0.05) is 26.2 Å². The number of nitrogens with one attached hydrogen (secondary N) is 2. The van der Waals surface area contributed by atoms with E-state index in [9.17, 15) is 0 Å². The maximum Gasteiger partial charge on any atom is 0.191 e. The van der Waals surface area contributed by atoms with Crippen LogP contribution in [0.2, 0.25) is 0 Å². The van der Waals surface area contributed by atoms with Gasteiger partial charge in [0.25, 0.3) is 0 Å². The Kier molecular flexibility index (Phi) is 11.9. The minimum Gasteiger partial charge on any atom is -0.378 e. The van der Waals surface area contributed by atoms with Crippen molar-refractivity contribution >= 4 is 5.96 Å². The number of aliphatic imine (C=N–C) groups is 1. The second-order valence-corrected chi connectivity index (χ2v) is 7.38. The van der Waals surface area contributed by atoms with Gasteiger partial charge in [-0.3, -0.25) is 4.99 Å². The van der Waals surface area contributed by atoms with E-state index in [1.54, 1.807) is 0 Å². The molecule has 0 radical (unpaired) electrons. The Morgan fingerprint density at radius 2 is 1.88 bits per heavy atom. The summed E-state index contributed by atoms with van der Waals surface area (Å²) < 4.78 is 5.82. The molecule has 1 saturated heterocycles. The summed E-state index contributed by atoms with van der Waals surface area (Å²) in [4.78, 5) is 7.32. The molecule has 1 unspecified atom stereocenters. The Hall–Kier alpha value is -0.810. The van der Waals surface area contributed by atoms with Crippen molar-refractivity contribution in [2.45, 2.75) is 66.4 Å². The summed E-state index contributed by atoms with van der Waals surface area (Å²) in [6.07, 6.45) is 5.21. The van der Waals surface area contributed by atoms with Crippen LogP contribution in [0, 0.1) is 11.8 Å². The van der Waals surface area contributed by atoms with Crippen LogP contribution >= 0.6 is 0 Å². The fourth-order valence-corrected chi connectivity index (χ4v) is 3.45. The molecule has 1 heterocycles. The molecule has 0 aromatic heterocycles. The molecule has 0 amide bonds. The Bertz CT molecular complexity index is 352. The Balaban J connectivity index is 2.31. The van der Waals surface area contributed by atoms with Crippen LogP contribution < -0.4 is 10.6 Å². The smallest absolute Gasteiger partial charge is 0.191 e. The minimum absolute atomic E-state index is 0.323. The molecular formula is C20H42N4O. The van der Waals surface area contributed by atoms with E-state index in [0.717, 1.165) is 44.5 Å². The van der Waals surface area contributed by atoms with Crippen molar-refractivity contribution in [1.82, 2.24) is 15.5 Å². The van der Waals surface area contributed by atoms with Crippen LogP contribution in [-0.2, 0) is 4.74 Å². The van der Waals surface area contributed by atoms with Gasteiger partial charge in [0.05, 0.1) is 6.10 Å². The van der Waals surface area contributed by atoms with Gasteiger partial charge in [-0.1, -0.05) is 20.8 Å². The summed E-state index contributed by atoms with van der Waals surface area (Å²) in [6, 6.07) is 0. The topological polar surface area (TPSA) is 48.9 Å². The Labute approximate surface area is 156 Å². The largest absolute Gasteiger partial charge is 0.378 e. The van der Waals surface area contributed by atoms with Gasteiger partial charge in [0.15, 0.2) is 5.96 Å². The second kappa shape index (κ2) is 13.4. The lowest BCUT2D eigenvalue weighted by Crippen LogP contribution is -2.39. The van der Waals surface area contributed by atoms with E-state index >= 15 is 0 Å². The lowest BCUT2D eigenvalue weighted by molar-refractivity contribution is 0.0258. The van der Waals surface area contributed by atoms with Gasteiger partial charge in [-0.25, -0.2) is 0 Å². The van der Waals surface area contributed by atoms with Crippen molar-refractivity contribution in [2.24, 2.45) is 16.8 Å². The summed E-state index contributed by atoms with van der Waals surface area (Å²) in [6.45, 7) is 18.1. The second-order valence-electron chi connectivity index (χ2n) is 7.38. The van der Waals surface area contributed by atoms with Crippen LogP contribution in [0.3, 0.4) is 0 Å². The van der Waals surface area contributed by atoms with Crippen molar-refractivity contribution < 1.29 is 4.74 Å². The number of rotatable bonds is 11. The number of hydrogen-bond acceptors (Lipinski definition) is 3. The first-order valence-electron chi connectivity index (χ1n) is 10.5. The van der Waals surface area contributed by atoms with Gasteiger partial charge in [-0.05, 0) is 71.0 Å². The van der Waals surface area contributed by atoms with E-state index in [-0.39, 0.29) is 0 Å². The predicted molar refractivity (Wildman–Crippen MR) is 108 cm³/mol. The van der Waals surface area contributed by atoms with Crippen LogP contribution in [0.15, 0.2) is 4.99 Å². The Morgan fingerprint density at radius 1 is 1.16 bits per heavy atom. The van der Waals surface area contributed by atoms with Crippen LogP contribution in [-0.4, -0.2) is 62.8 Å². The maximum absolute atomic E-state index is 5.82. The lowest BCUT2D eigenvalue weighted by atomic mass is 9.94. The molecule has 0 aromatic rings. The van der Waals surface area contributed by atoms with Crippen LogP contribution in [0.4, 0.5) is 0 Å². The average Bonchev–Trinajstić information content (AvgIpc) is 2.61. The lowest BCUT2D eigenvalue weighted by Gasteiger charge is -2.30. The zero-order chi connectivity index (χ0) is 18.5. The minimum atomic E-state index is 0.323. The summed E-state index contributed by atoms with van der Waals surface area (Å²) >= 11 is 0. The van der Waals surface area contributed by atoms with Gasteiger partial charge in [-0.2, -0.15) is 0 Å². The molecular weight excluding hydrogens is 312 g/mol. The number of piperidine rings is 1. The van der Waals surface area contributed by atoms with Crippen molar-refractivity contribution in [2.75, 3.05) is 45.9 Å². The van der Waals surface area contributed by atoms with Crippen LogP contribution in [0.1, 0.15) is 60.3 Å². The standard InChI is InChI=1S/C20H42N4O/c1-6-21-20(23-14-10-19(17(4)5)25-8-3)22-13-9-18-11-15-24(7-2)16-12-18/h17-19H,6-16H2,1-5H3,(H2,21,22,23). The zero-order valence-electron chi connectivity index (χ0n) is 17.3. The van der Waals surface area contributed by atoms with Gasteiger partial charge in [0.2, 0.25) is 0 Å². The number of nitrogens with zero attached hydrogens (tertiary/aromatic N) is 2. The third-order valence-electron chi connectivity index (χ3n) is 5.15. The third-order valence-corrected chi connectivity index (χ3v) is 5.15. The first-order valence-corrected chi connectivity index (χ1v) is 10.5. The molecule has 5 nitrogen and oxygen atoms in total. The normalized spacial score (nSPS) is 18.6. The van der Waals surface area contributed by atoms with E-state index < -0.39 is 0 Å². The number of likely N-dealkylation sites (tertiary alicyclic amines) is 1. The number of hydrogen-bond donors (Lipinski definition) is 2. The Morgan fingerprint density at radius 3 is 2.44 bits per heavy atom. The van der Waals surface area contributed by atoms with Crippen LogP contribution in [0.5, 0.6) is 0 Å². The maximum atomic E-state index is 5.82. The quantitative estimate of drug-likeness (QED) is 0.442. The highest BCUT2D eigenvalue weighted by atomic mass is 16.5. The number of guanidine groups is 1. The summed E-state index contributed by atoms with van der Waals surface area (Å²) in [5.74, 6) is 2.35. The van der Waals surface area contributed by atoms with Crippen molar-refractivity contribution in [1.29, 1.82) is 0 Å². The molecule has 1 aliphatic heterocycles. The highest BCUT2D eigenvalue weighted by Crippen LogP contribution is 2.20. The zero-order valence-corrected chi connectivity index (χ0v) is 17.3. The molecule has 0 spiro atoms. The molecule has 1 aliphatic rings. The molecule has 5 heteroatoms. The van der Waals surface area contributed by atoms with E-state index in [2.05, 4.69) is 50.2 Å². The summed E-state index contributed by atoms with van der Waals surface area (Å²) in [7, 11) is 0. The third kappa shape index (κ3) is 9.45. The molecule has 148 valence electrons. The molecule has 0 bridgehead atoms. The summed E-state index contributed by atoms with van der Waals surface area (Å²) in [5, 5.41) is 6.83. The molecule has 0 aliphatic carbocycles. The monoisotopic (exact) mass is 354 g/mol. The molecule has 25 heavy (non-hydrogen) atoms. The fourth-order valence-electron chi connectivity index (χ4n) is 3.45. The first kappa shape index (κ1) is 22.2. The predicted octanol–water partition coefficient (Wildman–Crippen LogP) is 3.11. The molecule has 1 atom stereocenters. The van der Waals surface area contributed by atoms with Gasteiger partial charge in [-0.15, -0.1) is 0 Å². The van der Waals surface area contributed by atoms with E-state index in [4.69, 9.17) is 9.73 Å². The van der Waals surface area contributed by atoms with E-state index in [1.807, 2.05) is 0 Å². The fraction of sp³-hybridized carbons (Fsp3) is 0.950.